The van der Waals surface area contributed by atoms with Crippen LogP contribution in [-0.2, 0) is 24.8 Å². The van der Waals surface area contributed by atoms with E-state index in [9.17, 15) is 21.6 Å². The van der Waals surface area contributed by atoms with Gasteiger partial charge in [-0.15, -0.1) is 0 Å². The highest BCUT2D eigenvalue weighted by atomic mass is 32.2. The number of carbonyl (C=O) groups excluding carboxylic acids is 1. The van der Waals surface area contributed by atoms with Crippen molar-refractivity contribution in [3.05, 3.63) is 24.3 Å². The fourth-order valence-corrected chi connectivity index (χ4v) is 5.95. The molecule has 0 saturated carbocycles. The topological polar surface area (TPSA) is 136 Å². The van der Waals surface area contributed by atoms with Crippen LogP contribution in [0.4, 0.5) is 4.79 Å². The Morgan fingerprint density at radius 3 is 2.17 bits per heavy atom. The minimum Gasteiger partial charge on any atom is -0.497 e. The second kappa shape index (κ2) is 8.86. The van der Waals surface area contributed by atoms with Crippen molar-refractivity contribution in [3.8, 4) is 5.75 Å². The van der Waals surface area contributed by atoms with Crippen molar-refractivity contribution in [2.75, 3.05) is 26.5 Å². The van der Waals surface area contributed by atoms with Gasteiger partial charge in [-0.3, -0.25) is 0 Å². The number of hydrogen-bond donors (Lipinski definition) is 1. The Labute approximate surface area is 171 Å². The van der Waals surface area contributed by atoms with Gasteiger partial charge in [-0.2, -0.15) is 8.61 Å². The zero-order valence-corrected chi connectivity index (χ0v) is 18.4. The Kier molecular flexibility index (Phi) is 7.14. The zero-order valence-electron chi connectivity index (χ0n) is 16.8. The van der Waals surface area contributed by atoms with Gasteiger partial charge >= 0.3 is 6.09 Å². The molecule has 1 fully saturated rings. The van der Waals surface area contributed by atoms with Crippen molar-refractivity contribution in [1.82, 2.24) is 8.61 Å². The van der Waals surface area contributed by atoms with Crippen molar-refractivity contribution in [2.45, 2.75) is 37.4 Å². The SMILES string of the molecule is COc1ccc(S(=O)(=O)N2C[C@@H](CC(C)C)N(S(C)(=O)=O)C[C@H]2OC(N)=O)cc1. The number of piperazine rings is 1. The molecule has 1 aliphatic heterocycles. The maximum absolute atomic E-state index is 13.3. The summed E-state index contributed by atoms with van der Waals surface area (Å²) < 4.78 is 63.3. The van der Waals surface area contributed by atoms with E-state index in [1.54, 1.807) is 0 Å². The molecule has 0 spiro atoms. The maximum Gasteiger partial charge on any atom is 0.406 e. The molecule has 0 bridgehead atoms. The first-order chi connectivity index (χ1) is 13.4. The highest BCUT2D eigenvalue weighted by Crippen LogP contribution is 2.29. The molecule has 0 unspecified atom stereocenters. The summed E-state index contributed by atoms with van der Waals surface area (Å²) >= 11 is 0. The minimum absolute atomic E-state index is 0.0347. The van der Waals surface area contributed by atoms with Gasteiger partial charge in [0.05, 0.1) is 24.8 Å². The van der Waals surface area contributed by atoms with Crippen molar-refractivity contribution >= 4 is 26.1 Å². The second-order valence-electron chi connectivity index (χ2n) is 7.26. The van der Waals surface area contributed by atoms with E-state index in [1.165, 1.54) is 35.7 Å². The van der Waals surface area contributed by atoms with Crippen LogP contribution in [-0.4, -0.2) is 70.3 Å². The van der Waals surface area contributed by atoms with E-state index in [0.717, 1.165) is 10.6 Å². The normalized spacial score (nSPS) is 21.8. The third-order valence-electron chi connectivity index (χ3n) is 4.54. The summed E-state index contributed by atoms with van der Waals surface area (Å²) in [6, 6.07) is 5.13. The highest BCUT2D eigenvalue weighted by molar-refractivity contribution is 7.89. The number of methoxy groups -OCH3 is 1. The summed E-state index contributed by atoms with van der Waals surface area (Å²) in [5.74, 6) is 0.594. The van der Waals surface area contributed by atoms with Crippen LogP contribution < -0.4 is 10.5 Å². The fraction of sp³-hybridized carbons (Fsp3) is 0.588. The maximum atomic E-state index is 13.3. The molecule has 1 saturated heterocycles. The van der Waals surface area contributed by atoms with E-state index in [-0.39, 0.29) is 23.9 Å². The molecule has 10 nitrogen and oxygen atoms in total. The second-order valence-corrected chi connectivity index (χ2v) is 11.1. The number of primary amides is 1. The summed E-state index contributed by atoms with van der Waals surface area (Å²) in [5.41, 5.74) is 5.11. The Morgan fingerprint density at radius 1 is 1.14 bits per heavy atom. The van der Waals surface area contributed by atoms with Gasteiger partial charge < -0.3 is 15.2 Å². The molecule has 1 aromatic carbocycles. The Bertz CT molecular complexity index is 930. The van der Waals surface area contributed by atoms with Crippen LogP contribution in [0.1, 0.15) is 20.3 Å². The molecule has 2 atom stereocenters. The van der Waals surface area contributed by atoms with Gasteiger partial charge in [-0.05, 0) is 36.6 Å². The van der Waals surface area contributed by atoms with E-state index in [0.29, 0.717) is 12.2 Å². The van der Waals surface area contributed by atoms with Gasteiger partial charge in [0.2, 0.25) is 20.0 Å². The van der Waals surface area contributed by atoms with Crippen LogP contribution in [0, 0.1) is 5.92 Å². The highest BCUT2D eigenvalue weighted by Gasteiger charge is 2.45. The first kappa shape index (κ1) is 23.4. The molecular weight excluding hydrogens is 422 g/mol. The quantitative estimate of drug-likeness (QED) is 0.650. The van der Waals surface area contributed by atoms with E-state index < -0.39 is 38.4 Å². The molecule has 1 heterocycles. The van der Waals surface area contributed by atoms with Crippen molar-refractivity contribution in [2.24, 2.45) is 11.7 Å². The summed E-state index contributed by atoms with van der Waals surface area (Å²) in [5, 5.41) is 0. The van der Waals surface area contributed by atoms with Gasteiger partial charge in [-0.25, -0.2) is 21.6 Å². The molecule has 164 valence electrons. The smallest absolute Gasteiger partial charge is 0.406 e. The Morgan fingerprint density at radius 2 is 1.72 bits per heavy atom. The summed E-state index contributed by atoms with van der Waals surface area (Å²) in [7, 11) is -6.31. The first-order valence-electron chi connectivity index (χ1n) is 8.95. The van der Waals surface area contributed by atoms with Gasteiger partial charge in [0, 0.05) is 12.6 Å². The number of benzene rings is 1. The lowest BCUT2D eigenvalue weighted by Gasteiger charge is -2.43. The molecule has 0 aliphatic carbocycles. The lowest BCUT2D eigenvalue weighted by Crippen LogP contribution is -2.62. The van der Waals surface area contributed by atoms with Crippen molar-refractivity contribution in [3.63, 3.8) is 0 Å². The van der Waals surface area contributed by atoms with Gasteiger partial charge in [-0.1, -0.05) is 13.8 Å². The van der Waals surface area contributed by atoms with Gasteiger partial charge in [0.1, 0.15) is 5.75 Å². The number of nitrogens with two attached hydrogens (primary N) is 1. The van der Waals surface area contributed by atoms with Crippen LogP contribution in [0.5, 0.6) is 5.75 Å². The number of carbonyl (C=O) groups is 1. The van der Waals surface area contributed by atoms with E-state index in [1.807, 2.05) is 13.8 Å². The van der Waals surface area contributed by atoms with Crippen molar-refractivity contribution in [1.29, 1.82) is 0 Å². The summed E-state index contributed by atoms with van der Waals surface area (Å²) in [6.45, 7) is 3.32. The number of ether oxygens (including phenoxy) is 2. The monoisotopic (exact) mass is 449 g/mol. The molecule has 1 aromatic rings. The molecule has 0 aromatic heterocycles. The molecule has 1 aliphatic rings. The standard InChI is InChI=1S/C17H27N3O7S2/c1-12(2)9-13-10-20(16(27-17(18)21)11-19(13)28(4,22)23)29(24,25)15-7-5-14(26-3)6-8-15/h5-8,12-13,16H,9-11H2,1-4H3,(H2,18,21)/t13-,16-/m1/s1. The molecule has 12 heteroatoms. The lowest BCUT2D eigenvalue weighted by molar-refractivity contribution is -0.0175. The number of sulfonamides is 2. The van der Waals surface area contributed by atoms with E-state index in [2.05, 4.69) is 0 Å². The third kappa shape index (κ3) is 5.59. The molecular formula is C17H27N3O7S2. The number of amides is 1. The minimum atomic E-state index is -4.10. The average molecular weight is 450 g/mol. The Balaban J connectivity index is 2.48. The van der Waals surface area contributed by atoms with Crippen LogP contribution in [0.2, 0.25) is 0 Å². The van der Waals surface area contributed by atoms with Gasteiger partial charge in [0.15, 0.2) is 6.23 Å². The summed E-state index contributed by atoms with van der Waals surface area (Å²) in [4.78, 5) is 11.3. The number of nitrogens with zero attached hydrogens (tertiary/aromatic N) is 2. The lowest BCUT2D eigenvalue weighted by atomic mass is 10.0. The predicted octanol–water partition coefficient (Wildman–Crippen LogP) is 0.797. The van der Waals surface area contributed by atoms with Gasteiger partial charge in [0.25, 0.3) is 0 Å². The number of rotatable bonds is 7. The van der Waals surface area contributed by atoms with Crippen molar-refractivity contribution < 1.29 is 31.1 Å². The van der Waals surface area contributed by atoms with Crippen LogP contribution in [0.25, 0.3) is 0 Å². The predicted molar refractivity (Wildman–Crippen MR) is 106 cm³/mol. The zero-order chi connectivity index (χ0) is 22.0. The first-order valence-corrected chi connectivity index (χ1v) is 12.2. The van der Waals surface area contributed by atoms with Crippen LogP contribution in [0.15, 0.2) is 29.2 Å². The summed E-state index contributed by atoms with van der Waals surface area (Å²) in [6.07, 6.45) is -1.10. The van der Waals surface area contributed by atoms with Crippen LogP contribution in [0.3, 0.4) is 0 Å². The van der Waals surface area contributed by atoms with E-state index >= 15 is 0 Å². The third-order valence-corrected chi connectivity index (χ3v) is 7.71. The van der Waals surface area contributed by atoms with E-state index in [4.69, 9.17) is 15.2 Å². The molecule has 29 heavy (non-hydrogen) atoms. The Hall–Kier alpha value is -1.89. The molecule has 2 rings (SSSR count). The largest absolute Gasteiger partial charge is 0.497 e. The molecule has 0 radical (unpaired) electrons. The number of hydrogen-bond acceptors (Lipinski definition) is 7. The molecule has 2 N–H and O–H groups in total. The van der Waals surface area contributed by atoms with Crippen LogP contribution >= 0.6 is 0 Å². The molecule has 1 amide bonds. The fourth-order valence-electron chi connectivity index (χ4n) is 3.32. The average Bonchev–Trinajstić information content (AvgIpc) is 2.60.